The minimum atomic E-state index is -0.860. The third-order valence-electron chi connectivity index (χ3n) is 4.64. The topological polar surface area (TPSA) is 82.7 Å². The van der Waals surface area contributed by atoms with Gasteiger partial charge < -0.3 is 20.7 Å². The predicted molar refractivity (Wildman–Crippen MR) is 109 cm³/mol. The van der Waals surface area contributed by atoms with Crippen molar-refractivity contribution in [3.05, 3.63) is 57.3 Å². The Hall–Kier alpha value is -2.56. The third-order valence-corrected chi connectivity index (χ3v) is 5.72. The van der Waals surface area contributed by atoms with Crippen LogP contribution in [0.2, 0.25) is 0 Å². The van der Waals surface area contributed by atoms with Gasteiger partial charge in [0.1, 0.15) is 0 Å². The number of morpholine rings is 1. The Kier molecular flexibility index (Phi) is 7.72. The number of ether oxygens (including phenoxy) is 1. The second kappa shape index (κ2) is 10.5. The Labute approximate surface area is 177 Å². The maximum absolute atomic E-state index is 13.4. The summed E-state index contributed by atoms with van der Waals surface area (Å²) in [7, 11) is 1.57. The molecule has 7 nitrogen and oxygen atoms in total. The molecule has 0 radical (unpaired) electrons. The zero-order valence-electron chi connectivity index (χ0n) is 16.5. The van der Waals surface area contributed by atoms with Crippen LogP contribution in [0.5, 0.6) is 0 Å². The summed E-state index contributed by atoms with van der Waals surface area (Å²) < 4.78 is 32.1. The van der Waals surface area contributed by atoms with E-state index in [0.29, 0.717) is 49.8 Å². The summed E-state index contributed by atoms with van der Waals surface area (Å²) in [6.07, 6.45) is -0.198. The second-order valence-electron chi connectivity index (χ2n) is 6.89. The summed E-state index contributed by atoms with van der Waals surface area (Å²) in [6, 6.07) is 7.08. The van der Waals surface area contributed by atoms with Crippen LogP contribution in [0.3, 0.4) is 0 Å². The number of rotatable bonds is 7. The number of hydrogen-bond donors (Lipinski definition) is 3. The first-order chi connectivity index (χ1) is 14.4. The van der Waals surface area contributed by atoms with Crippen molar-refractivity contribution in [3.63, 3.8) is 0 Å². The number of thiophene rings is 1. The number of urea groups is 1. The molecule has 1 atom stereocenters. The summed E-state index contributed by atoms with van der Waals surface area (Å²) in [4.78, 5) is 27.2. The lowest BCUT2D eigenvalue weighted by molar-refractivity contribution is -0.0287. The normalized spacial score (nSPS) is 16.8. The van der Waals surface area contributed by atoms with Crippen molar-refractivity contribution in [2.45, 2.75) is 19.2 Å². The van der Waals surface area contributed by atoms with Crippen LogP contribution in [0.1, 0.15) is 20.1 Å². The van der Waals surface area contributed by atoms with Gasteiger partial charge in [-0.05, 0) is 29.8 Å². The molecule has 3 amide bonds. The molecule has 0 spiro atoms. The van der Waals surface area contributed by atoms with Gasteiger partial charge in [0.05, 0.1) is 24.1 Å². The molecule has 10 heteroatoms. The first kappa shape index (κ1) is 22.1. The molecule has 3 N–H and O–H groups in total. The number of benzene rings is 1. The maximum atomic E-state index is 13.4. The van der Waals surface area contributed by atoms with Gasteiger partial charge in [-0.3, -0.25) is 9.69 Å². The minimum Gasteiger partial charge on any atom is -0.374 e. The molecule has 1 aliphatic rings. The molecule has 162 valence electrons. The molecule has 1 aromatic heterocycles. The molecular weight excluding hydrogens is 414 g/mol. The lowest BCUT2D eigenvalue weighted by Gasteiger charge is -2.33. The fraction of sp³-hybridized carbons (Fsp3) is 0.400. The quantitative estimate of drug-likeness (QED) is 0.618. The molecule has 2 heterocycles. The first-order valence-electron chi connectivity index (χ1n) is 9.55. The SMILES string of the molecule is CNC(=O)c1ccc(CNC(=O)NC[C@H]2CN(Cc3ccc(F)c(F)c3)CCO2)s1. The van der Waals surface area contributed by atoms with Gasteiger partial charge >= 0.3 is 6.03 Å². The molecule has 1 aromatic carbocycles. The highest BCUT2D eigenvalue weighted by Crippen LogP contribution is 2.16. The van der Waals surface area contributed by atoms with Gasteiger partial charge in [-0.25, -0.2) is 13.6 Å². The number of halogens is 2. The fourth-order valence-electron chi connectivity index (χ4n) is 3.10. The van der Waals surface area contributed by atoms with Crippen molar-refractivity contribution < 1.29 is 23.1 Å². The van der Waals surface area contributed by atoms with Crippen LogP contribution in [0.15, 0.2) is 30.3 Å². The number of nitrogens with zero attached hydrogens (tertiary/aromatic N) is 1. The second-order valence-corrected chi connectivity index (χ2v) is 8.05. The highest BCUT2D eigenvalue weighted by atomic mass is 32.1. The van der Waals surface area contributed by atoms with Crippen LogP contribution in [0, 0.1) is 11.6 Å². The van der Waals surface area contributed by atoms with Gasteiger partial charge in [0, 0.05) is 38.1 Å². The van der Waals surface area contributed by atoms with E-state index in [1.807, 2.05) is 0 Å². The molecule has 30 heavy (non-hydrogen) atoms. The largest absolute Gasteiger partial charge is 0.374 e. The van der Waals surface area contributed by atoms with E-state index in [0.717, 1.165) is 10.9 Å². The summed E-state index contributed by atoms with van der Waals surface area (Å²) >= 11 is 1.32. The van der Waals surface area contributed by atoms with Crippen LogP contribution in [0.4, 0.5) is 13.6 Å². The highest BCUT2D eigenvalue weighted by molar-refractivity contribution is 7.14. The zero-order chi connectivity index (χ0) is 21.5. The standard InChI is InChI=1S/C20H24F2N4O3S/c1-23-19(27)18-5-3-15(30-18)10-25-20(28)24-9-14-12-26(6-7-29-14)11-13-2-4-16(21)17(22)8-13/h2-5,8,14H,6-7,9-12H2,1H3,(H,23,27)(H2,24,25,28)/t14-/m0/s1. The molecule has 1 fully saturated rings. The van der Waals surface area contributed by atoms with E-state index in [1.54, 1.807) is 25.2 Å². The van der Waals surface area contributed by atoms with E-state index in [4.69, 9.17) is 4.74 Å². The van der Waals surface area contributed by atoms with Crippen molar-refractivity contribution in [1.82, 2.24) is 20.9 Å². The smallest absolute Gasteiger partial charge is 0.315 e. The maximum Gasteiger partial charge on any atom is 0.315 e. The fourth-order valence-corrected chi connectivity index (χ4v) is 3.99. The molecule has 0 bridgehead atoms. The van der Waals surface area contributed by atoms with Crippen molar-refractivity contribution in [1.29, 1.82) is 0 Å². The van der Waals surface area contributed by atoms with E-state index >= 15 is 0 Å². The number of hydrogen-bond acceptors (Lipinski definition) is 5. The lowest BCUT2D eigenvalue weighted by atomic mass is 10.1. The molecule has 0 aliphatic carbocycles. The molecule has 0 saturated carbocycles. The number of carbonyl (C=O) groups is 2. The van der Waals surface area contributed by atoms with Crippen LogP contribution < -0.4 is 16.0 Å². The third kappa shape index (κ3) is 6.22. The average molecular weight is 439 g/mol. The molecule has 3 rings (SSSR count). The Morgan fingerprint density at radius 3 is 2.80 bits per heavy atom. The first-order valence-corrected chi connectivity index (χ1v) is 10.4. The number of carbonyl (C=O) groups excluding carboxylic acids is 2. The van der Waals surface area contributed by atoms with E-state index < -0.39 is 11.6 Å². The molecule has 0 unspecified atom stereocenters. The van der Waals surface area contributed by atoms with Crippen LogP contribution in [0.25, 0.3) is 0 Å². The highest BCUT2D eigenvalue weighted by Gasteiger charge is 2.21. The van der Waals surface area contributed by atoms with Crippen LogP contribution in [-0.2, 0) is 17.8 Å². The Bertz CT molecular complexity index is 893. The summed E-state index contributed by atoms with van der Waals surface area (Å²) in [5.74, 6) is -1.87. The summed E-state index contributed by atoms with van der Waals surface area (Å²) in [5.41, 5.74) is 0.687. The molecule has 1 aliphatic heterocycles. The van der Waals surface area contributed by atoms with Gasteiger partial charge in [0.2, 0.25) is 0 Å². The summed E-state index contributed by atoms with van der Waals surface area (Å²) in [6.45, 7) is 2.87. The Morgan fingerprint density at radius 1 is 1.20 bits per heavy atom. The number of amides is 3. The van der Waals surface area contributed by atoms with Gasteiger partial charge in [0.15, 0.2) is 11.6 Å². The minimum absolute atomic E-state index is 0.155. The van der Waals surface area contributed by atoms with Crippen molar-refractivity contribution >= 4 is 23.3 Å². The average Bonchev–Trinajstić information content (AvgIpc) is 3.22. The predicted octanol–water partition coefficient (Wildman–Crippen LogP) is 2.09. The Balaban J connectivity index is 1.40. The zero-order valence-corrected chi connectivity index (χ0v) is 17.4. The van der Waals surface area contributed by atoms with Crippen LogP contribution >= 0.6 is 11.3 Å². The lowest BCUT2D eigenvalue weighted by Crippen LogP contribution is -2.48. The van der Waals surface area contributed by atoms with Crippen molar-refractivity contribution in [3.8, 4) is 0 Å². The van der Waals surface area contributed by atoms with E-state index in [1.165, 1.54) is 17.4 Å². The Morgan fingerprint density at radius 2 is 2.03 bits per heavy atom. The molecule has 1 saturated heterocycles. The van der Waals surface area contributed by atoms with Gasteiger partial charge in [-0.15, -0.1) is 11.3 Å². The van der Waals surface area contributed by atoms with Crippen molar-refractivity contribution in [2.24, 2.45) is 0 Å². The monoisotopic (exact) mass is 438 g/mol. The van der Waals surface area contributed by atoms with E-state index in [9.17, 15) is 18.4 Å². The van der Waals surface area contributed by atoms with Gasteiger partial charge in [-0.1, -0.05) is 6.07 Å². The molecular formula is C20H24F2N4O3S. The van der Waals surface area contributed by atoms with E-state index in [2.05, 4.69) is 20.9 Å². The van der Waals surface area contributed by atoms with E-state index in [-0.39, 0.29) is 18.0 Å². The van der Waals surface area contributed by atoms with Crippen molar-refractivity contribution in [2.75, 3.05) is 33.3 Å². The molecule has 2 aromatic rings. The van der Waals surface area contributed by atoms with Gasteiger partial charge in [-0.2, -0.15) is 0 Å². The van der Waals surface area contributed by atoms with Crippen LogP contribution in [-0.4, -0.2) is 56.2 Å². The van der Waals surface area contributed by atoms with Gasteiger partial charge in [0.25, 0.3) is 5.91 Å². The number of nitrogens with one attached hydrogen (secondary N) is 3. The summed E-state index contributed by atoms with van der Waals surface area (Å²) in [5, 5.41) is 8.09.